The molecule has 31 heavy (non-hydrogen) atoms. The van der Waals surface area contributed by atoms with Gasteiger partial charge in [0.25, 0.3) is 17.0 Å². The molecule has 0 bridgehead atoms. The van der Waals surface area contributed by atoms with E-state index in [-0.39, 0.29) is 22.4 Å². The number of benzene rings is 2. The number of rotatable bonds is 7. The maximum Gasteiger partial charge on any atom is 0.294 e. The molecule has 0 spiro atoms. The van der Waals surface area contributed by atoms with E-state index in [0.29, 0.717) is 22.7 Å². The van der Waals surface area contributed by atoms with Gasteiger partial charge in [0.1, 0.15) is 0 Å². The molecule has 0 aliphatic carbocycles. The molecule has 1 fully saturated rings. The number of thiocarbonyl (C=S) groups is 1. The van der Waals surface area contributed by atoms with Crippen LogP contribution in [0.25, 0.3) is 6.08 Å². The fraction of sp³-hybridized carbons (Fsp3) is 0.105. The van der Waals surface area contributed by atoms with Crippen molar-refractivity contribution in [2.24, 2.45) is 5.14 Å². The molecular weight excluding hydrogens is 446 g/mol. The summed E-state index contributed by atoms with van der Waals surface area (Å²) in [6.07, 6.45) is 1.48. The van der Waals surface area contributed by atoms with Gasteiger partial charge in [-0.05, 0) is 60.3 Å². The van der Waals surface area contributed by atoms with Crippen molar-refractivity contribution in [2.75, 3.05) is 19.0 Å². The first-order valence-corrected chi connectivity index (χ1v) is 10.6. The molecule has 2 aromatic carbocycles. The van der Waals surface area contributed by atoms with E-state index in [1.54, 1.807) is 18.2 Å². The van der Waals surface area contributed by atoms with E-state index in [0.717, 1.165) is 0 Å². The summed E-state index contributed by atoms with van der Waals surface area (Å²) in [5.41, 5.74) is 0.973. The first-order valence-electron chi connectivity index (χ1n) is 8.64. The average molecular weight is 463 g/mol. The first-order chi connectivity index (χ1) is 14.7. The van der Waals surface area contributed by atoms with Crippen LogP contribution in [0.3, 0.4) is 0 Å². The van der Waals surface area contributed by atoms with Crippen LogP contribution in [-0.2, 0) is 24.3 Å². The number of hydrogen-bond donors (Lipinski definition) is 3. The van der Waals surface area contributed by atoms with E-state index in [1.807, 2.05) is 0 Å². The Labute approximate surface area is 183 Å². The Morgan fingerprint density at radius 3 is 2.52 bits per heavy atom. The molecule has 0 atom stereocenters. The molecule has 162 valence electrons. The second-order valence-electron chi connectivity index (χ2n) is 6.17. The molecule has 2 aromatic rings. The van der Waals surface area contributed by atoms with Crippen molar-refractivity contribution >= 4 is 51.0 Å². The third-order valence-electron chi connectivity index (χ3n) is 3.95. The topological polar surface area (TPSA) is 146 Å². The molecule has 0 aromatic heterocycles. The standard InChI is InChI=1S/C19H17N3O7S2/c1-27-15-8-11(9-16-18(24)22-19(30)29-16)2-7-14(15)28-10-17(23)21-12-3-5-13(6-4-12)31(20,25)26/h2-9H,10H2,1H3,(H,21,23)(H2,20,25,26)(H,22,24,30)/b16-9+. The van der Waals surface area contributed by atoms with Crippen molar-refractivity contribution in [3.8, 4) is 11.5 Å². The summed E-state index contributed by atoms with van der Waals surface area (Å²) in [4.78, 5) is 23.7. The third-order valence-corrected chi connectivity index (χ3v) is 5.07. The van der Waals surface area contributed by atoms with Crippen LogP contribution in [0, 0.1) is 0 Å². The summed E-state index contributed by atoms with van der Waals surface area (Å²) in [6, 6.07) is 10.2. The quantitative estimate of drug-likeness (QED) is 0.409. The van der Waals surface area contributed by atoms with Gasteiger partial charge in [-0.25, -0.2) is 13.6 Å². The molecule has 10 nitrogen and oxygen atoms in total. The van der Waals surface area contributed by atoms with E-state index >= 15 is 0 Å². The molecule has 3 rings (SSSR count). The molecule has 1 aliphatic heterocycles. The fourth-order valence-electron chi connectivity index (χ4n) is 2.53. The molecule has 1 aliphatic rings. The van der Waals surface area contributed by atoms with Gasteiger partial charge in [-0.1, -0.05) is 6.07 Å². The van der Waals surface area contributed by atoms with Gasteiger partial charge in [-0.15, -0.1) is 0 Å². The number of carbonyl (C=O) groups excluding carboxylic acids is 2. The van der Waals surface area contributed by atoms with Crippen molar-refractivity contribution in [2.45, 2.75) is 4.90 Å². The Hall–Kier alpha value is -3.48. The lowest BCUT2D eigenvalue weighted by Crippen LogP contribution is -2.20. The van der Waals surface area contributed by atoms with Crippen LogP contribution in [0.1, 0.15) is 5.56 Å². The maximum absolute atomic E-state index is 12.1. The van der Waals surface area contributed by atoms with Gasteiger partial charge in [0.05, 0.1) is 12.0 Å². The number of primary sulfonamides is 1. The number of nitrogens with one attached hydrogen (secondary N) is 2. The molecule has 1 saturated heterocycles. The second kappa shape index (κ2) is 9.12. The average Bonchev–Trinajstić information content (AvgIpc) is 3.03. The van der Waals surface area contributed by atoms with Crippen molar-refractivity contribution in [3.63, 3.8) is 0 Å². The zero-order chi connectivity index (χ0) is 22.6. The predicted molar refractivity (Wildman–Crippen MR) is 115 cm³/mol. The normalized spacial score (nSPS) is 14.7. The van der Waals surface area contributed by atoms with E-state index in [1.165, 1.54) is 37.5 Å². The lowest BCUT2D eigenvalue weighted by Gasteiger charge is -2.12. The molecule has 1 heterocycles. The number of hydrogen-bond acceptors (Lipinski definition) is 8. The summed E-state index contributed by atoms with van der Waals surface area (Å²) in [7, 11) is -2.38. The minimum Gasteiger partial charge on any atom is -0.493 e. The first kappa shape index (κ1) is 22.2. The summed E-state index contributed by atoms with van der Waals surface area (Å²) < 4.78 is 38.4. The van der Waals surface area contributed by atoms with Crippen LogP contribution in [0.2, 0.25) is 0 Å². The van der Waals surface area contributed by atoms with Gasteiger partial charge < -0.3 is 19.5 Å². The van der Waals surface area contributed by atoms with Gasteiger partial charge in [0.2, 0.25) is 10.0 Å². The highest BCUT2D eigenvalue weighted by Crippen LogP contribution is 2.29. The lowest BCUT2D eigenvalue weighted by molar-refractivity contribution is -0.118. The monoisotopic (exact) mass is 463 g/mol. The summed E-state index contributed by atoms with van der Waals surface area (Å²) in [5, 5.41) is 9.94. The minimum absolute atomic E-state index is 0.0199. The smallest absolute Gasteiger partial charge is 0.294 e. The summed E-state index contributed by atoms with van der Waals surface area (Å²) >= 11 is 4.78. The molecule has 12 heteroatoms. The number of anilines is 1. The highest BCUT2D eigenvalue weighted by molar-refractivity contribution is 7.89. The van der Waals surface area contributed by atoms with Crippen molar-refractivity contribution in [1.29, 1.82) is 0 Å². The zero-order valence-corrected chi connectivity index (χ0v) is 17.7. The molecule has 4 N–H and O–H groups in total. The second-order valence-corrected chi connectivity index (χ2v) is 8.10. The van der Waals surface area contributed by atoms with Crippen molar-refractivity contribution in [1.82, 2.24) is 5.32 Å². The zero-order valence-electron chi connectivity index (χ0n) is 16.1. The number of nitrogens with two attached hydrogens (primary N) is 1. The third kappa shape index (κ3) is 5.78. The number of methoxy groups -OCH3 is 1. The van der Waals surface area contributed by atoms with E-state index in [9.17, 15) is 18.0 Å². The van der Waals surface area contributed by atoms with E-state index in [2.05, 4.69) is 10.6 Å². The largest absolute Gasteiger partial charge is 0.493 e. The number of carbonyl (C=O) groups is 2. The van der Waals surface area contributed by atoms with Gasteiger partial charge in [0.15, 0.2) is 23.9 Å². The molecule has 0 unspecified atom stereocenters. The van der Waals surface area contributed by atoms with Crippen molar-refractivity contribution < 1.29 is 32.2 Å². The van der Waals surface area contributed by atoms with Crippen molar-refractivity contribution in [3.05, 3.63) is 53.8 Å². The van der Waals surface area contributed by atoms with Crippen LogP contribution >= 0.6 is 12.2 Å². The van der Waals surface area contributed by atoms with Crippen LogP contribution in [-0.4, -0.2) is 39.1 Å². The Morgan fingerprint density at radius 1 is 1.23 bits per heavy atom. The molecule has 0 saturated carbocycles. The van der Waals surface area contributed by atoms with Crippen LogP contribution in [0.5, 0.6) is 11.5 Å². The van der Waals surface area contributed by atoms with E-state index in [4.69, 9.17) is 31.6 Å². The number of amides is 2. The van der Waals surface area contributed by atoms with Gasteiger partial charge >= 0.3 is 0 Å². The molecule has 0 radical (unpaired) electrons. The van der Waals surface area contributed by atoms with Gasteiger partial charge in [-0.2, -0.15) is 0 Å². The highest BCUT2D eigenvalue weighted by Gasteiger charge is 2.23. The van der Waals surface area contributed by atoms with Gasteiger partial charge in [-0.3, -0.25) is 14.9 Å². The van der Waals surface area contributed by atoms with E-state index < -0.39 is 21.8 Å². The van der Waals surface area contributed by atoms with Crippen LogP contribution in [0.15, 0.2) is 53.1 Å². The Balaban J connectivity index is 1.63. The maximum atomic E-state index is 12.1. The predicted octanol–water partition coefficient (Wildman–Crippen LogP) is 1.13. The van der Waals surface area contributed by atoms with Crippen LogP contribution in [0.4, 0.5) is 5.69 Å². The number of sulfonamides is 1. The SMILES string of the molecule is COc1cc(/C=C2/OC(=S)NC2=O)ccc1OCC(=O)Nc1ccc(S(N)(=O)=O)cc1. The summed E-state index contributed by atoms with van der Waals surface area (Å²) in [6.45, 7) is -0.326. The van der Waals surface area contributed by atoms with Crippen LogP contribution < -0.4 is 25.2 Å². The minimum atomic E-state index is -3.81. The summed E-state index contributed by atoms with van der Waals surface area (Å²) in [5.74, 6) is -0.231. The lowest BCUT2D eigenvalue weighted by atomic mass is 10.1. The fourth-order valence-corrected chi connectivity index (χ4v) is 3.23. The Kier molecular flexibility index (Phi) is 6.53. The molecular formula is C19H17N3O7S2. The van der Waals surface area contributed by atoms with Gasteiger partial charge in [0, 0.05) is 5.69 Å². The Morgan fingerprint density at radius 2 is 1.94 bits per heavy atom. The highest BCUT2D eigenvalue weighted by atomic mass is 32.2. The molecule has 2 amide bonds. The Bertz CT molecular complexity index is 1180. The number of ether oxygens (including phenoxy) is 3.